The molecule has 7 heteroatoms. The summed E-state index contributed by atoms with van der Waals surface area (Å²) in [6, 6.07) is 9.33. The molecule has 0 fully saturated rings. The van der Waals surface area contributed by atoms with Crippen molar-refractivity contribution in [1.82, 2.24) is 0 Å². The van der Waals surface area contributed by atoms with E-state index in [9.17, 15) is 9.18 Å². The number of aliphatic imine (C=N–C) groups is 1. The Kier molecular flexibility index (Phi) is 6.88. The number of carbonyl (C=O) groups is 1. The smallest absolute Gasteiger partial charge is 0.363 e. The maximum atomic E-state index is 13.9. The second-order valence-corrected chi connectivity index (χ2v) is 6.69. The van der Waals surface area contributed by atoms with Crippen molar-refractivity contribution in [2.75, 3.05) is 13.2 Å². The molecular formula is C22H21ClFNO4. The number of rotatable bonds is 8. The van der Waals surface area contributed by atoms with Crippen LogP contribution >= 0.6 is 11.6 Å². The van der Waals surface area contributed by atoms with Crippen LogP contribution in [0.3, 0.4) is 0 Å². The molecule has 3 rings (SSSR count). The molecule has 1 aliphatic rings. The van der Waals surface area contributed by atoms with Gasteiger partial charge in [0.05, 0.1) is 23.8 Å². The molecule has 1 aliphatic heterocycles. The summed E-state index contributed by atoms with van der Waals surface area (Å²) in [6.45, 7) is 4.88. The fourth-order valence-corrected chi connectivity index (χ4v) is 2.98. The van der Waals surface area contributed by atoms with Gasteiger partial charge in [-0.25, -0.2) is 14.2 Å². The molecule has 0 radical (unpaired) electrons. The molecule has 152 valence electrons. The average molecular weight is 418 g/mol. The quantitative estimate of drug-likeness (QED) is 0.328. The number of unbranched alkanes of at least 4 members (excludes halogenated alkanes) is 1. The highest BCUT2D eigenvalue weighted by molar-refractivity contribution is 6.32. The predicted molar refractivity (Wildman–Crippen MR) is 110 cm³/mol. The lowest BCUT2D eigenvalue weighted by molar-refractivity contribution is -0.129. The molecule has 0 unspecified atom stereocenters. The van der Waals surface area contributed by atoms with Crippen LogP contribution in [-0.2, 0) is 9.53 Å². The number of halogens is 2. The molecule has 1 heterocycles. The third-order valence-corrected chi connectivity index (χ3v) is 4.38. The Morgan fingerprint density at radius 1 is 1.21 bits per heavy atom. The van der Waals surface area contributed by atoms with Gasteiger partial charge in [-0.3, -0.25) is 0 Å². The summed E-state index contributed by atoms with van der Waals surface area (Å²) in [4.78, 5) is 16.3. The molecule has 29 heavy (non-hydrogen) atoms. The van der Waals surface area contributed by atoms with Gasteiger partial charge in [-0.2, -0.15) is 0 Å². The lowest BCUT2D eigenvalue weighted by Gasteiger charge is -2.14. The van der Waals surface area contributed by atoms with Gasteiger partial charge in [-0.15, -0.1) is 0 Å². The van der Waals surface area contributed by atoms with Gasteiger partial charge in [-0.1, -0.05) is 37.1 Å². The van der Waals surface area contributed by atoms with Crippen molar-refractivity contribution in [2.24, 2.45) is 4.99 Å². The van der Waals surface area contributed by atoms with E-state index >= 15 is 0 Å². The minimum absolute atomic E-state index is 0.0430. The van der Waals surface area contributed by atoms with Crippen LogP contribution in [0.5, 0.6) is 11.5 Å². The fraction of sp³-hybridized carbons (Fsp3) is 0.273. The second-order valence-electron chi connectivity index (χ2n) is 6.28. The van der Waals surface area contributed by atoms with Crippen LogP contribution in [0.2, 0.25) is 5.02 Å². The van der Waals surface area contributed by atoms with Crippen LogP contribution in [0.15, 0.2) is 47.1 Å². The largest absolute Gasteiger partial charge is 0.490 e. The molecule has 0 saturated heterocycles. The SMILES string of the molecule is CCCCOc1c(Cl)cc(/C=C2\N=C(c3ccccc3F)OC2=O)cc1OCC. The maximum Gasteiger partial charge on any atom is 0.363 e. The highest BCUT2D eigenvalue weighted by Crippen LogP contribution is 2.37. The minimum Gasteiger partial charge on any atom is -0.490 e. The maximum absolute atomic E-state index is 13.9. The zero-order chi connectivity index (χ0) is 20.8. The second kappa shape index (κ2) is 9.56. The highest BCUT2D eigenvalue weighted by Gasteiger charge is 2.26. The van der Waals surface area contributed by atoms with E-state index in [-0.39, 0.29) is 17.2 Å². The Morgan fingerprint density at radius 3 is 2.72 bits per heavy atom. The van der Waals surface area contributed by atoms with E-state index in [1.165, 1.54) is 18.2 Å². The van der Waals surface area contributed by atoms with Crippen molar-refractivity contribution in [3.8, 4) is 11.5 Å². The molecule has 0 atom stereocenters. The molecular weight excluding hydrogens is 397 g/mol. The first-order valence-corrected chi connectivity index (χ1v) is 9.77. The monoisotopic (exact) mass is 417 g/mol. The van der Waals surface area contributed by atoms with Crippen molar-refractivity contribution in [2.45, 2.75) is 26.7 Å². The third-order valence-electron chi connectivity index (χ3n) is 4.10. The summed E-state index contributed by atoms with van der Waals surface area (Å²) >= 11 is 6.38. The summed E-state index contributed by atoms with van der Waals surface area (Å²) in [5, 5.41) is 0.364. The van der Waals surface area contributed by atoms with Gasteiger partial charge in [0.1, 0.15) is 5.82 Å². The predicted octanol–water partition coefficient (Wildman–Crippen LogP) is 5.40. The Morgan fingerprint density at radius 2 is 2.00 bits per heavy atom. The Labute approximate surface area is 173 Å². The number of ether oxygens (including phenoxy) is 3. The van der Waals surface area contributed by atoms with Crippen molar-refractivity contribution in [3.63, 3.8) is 0 Å². The Bertz CT molecular complexity index is 971. The van der Waals surface area contributed by atoms with E-state index in [4.69, 9.17) is 25.8 Å². The number of esters is 1. The van der Waals surface area contributed by atoms with E-state index in [1.54, 1.807) is 24.3 Å². The highest BCUT2D eigenvalue weighted by atomic mass is 35.5. The first-order chi connectivity index (χ1) is 14.0. The first-order valence-electron chi connectivity index (χ1n) is 9.40. The Hall–Kier alpha value is -2.86. The van der Waals surface area contributed by atoms with E-state index < -0.39 is 11.8 Å². The first kappa shape index (κ1) is 20.9. The molecule has 0 N–H and O–H groups in total. The van der Waals surface area contributed by atoms with Crippen LogP contribution in [0.1, 0.15) is 37.8 Å². The summed E-state index contributed by atoms with van der Waals surface area (Å²) in [5.41, 5.74) is 0.755. The van der Waals surface area contributed by atoms with E-state index in [2.05, 4.69) is 11.9 Å². The van der Waals surface area contributed by atoms with Gasteiger partial charge < -0.3 is 14.2 Å². The minimum atomic E-state index is -0.666. The molecule has 0 aliphatic carbocycles. The normalized spacial score (nSPS) is 14.7. The lowest BCUT2D eigenvalue weighted by atomic mass is 10.1. The summed E-state index contributed by atoms with van der Waals surface area (Å²) in [5.74, 6) is -0.313. The molecule has 0 bridgehead atoms. The van der Waals surface area contributed by atoms with Gasteiger partial charge in [-0.05, 0) is 49.2 Å². The van der Waals surface area contributed by atoms with Crippen molar-refractivity contribution in [1.29, 1.82) is 0 Å². The number of cyclic esters (lactones) is 1. The summed E-state index contributed by atoms with van der Waals surface area (Å²) < 4.78 is 30.5. The molecule has 0 amide bonds. The van der Waals surface area contributed by atoms with Crippen LogP contribution in [0.25, 0.3) is 6.08 Å². The number of carbonyl (C=O) groups excluding carboxylic acids is 1. The van der Waals surface area contributed by atoms with E-state index in [0.717, 1.165) is 12.8 Å². The fourth-order valence-electron chi connectivity index (χ4n) is 2.71. The molecule has 0 saturated carbocycles. The third kappa shape index (κ3) is 4.95. The number of benzene rings is 2. The van der Waals surface area contributed by atoms with Crippen LogP contribution in [0, 0.1) is 5.82 Å². The molecule has 5 nitrogen and oxygen atoms in total. The molecule has 0 spiro atoms. The van der Waals surface area contributed by atoms with Gasteiger partial charge in [0.15, 0.2) is 17.2 Å². The van der Waals surface area contributed by atoms with Crippen LogP contribution in [-0.4, -0.2) is 25.1 Å². The van der Waals surface area contributed by atoms with Gasteiger partial charge in [0, 0.05) is 0 Å². The van der Waals surface area contributed by atoms with Gasteiger partial charge >= 0.3 is 5.97 Å². The van der Waals surface area contributed by atoms with Crippen molar-refractivity contribution >= 4 is 29.5 Å². The lowest BCUT2D eigenvalue weighted by Crippen LogP contribution is -2.07. The topological polar surface area (TPSA) is 57.1 Å². The molecule has 2 aromatic rings. The zero-order valence-corrected chi connectivity index (χ0v) is 17.0. The number of nitrogens with zero attached hydrogens (tertiary/aromatic N) is 1. The number of hydrogen-bond donors (Lipinski definition) is 0. The van der Waals surface area contributed by atoms with Crippen molar-refractivity contribution in [3.05, 3.63) is 64.1 Å². The van der Waals surface area contributed by atoms with Crippen LogP contribution < -0.4 is 9.47 Å². The summed E-state index contributed by atoms with van der Waals surface area (Å²) in [7, 11) is 0. The average Bonchev–Trinajstić information content (AvgIpc) is 3.04. The van der Waals surface area contributed by atoms with Gasteiger partial charge in [0.25, 0.3) is 0 Å². The standard InChI is InChI=1S/C22H21ClFNO4/c1-3-5-10-28-20-16(23)11-14(13-19(20)27-4-2)12-18-22(26)29-21(25-18)15-8-6-7-9-17(15)24/h6-9,11-13H,3-5,10H2,1-2H3/b18-12-. The van der Waals surface area contributed by atoms with Gasteiger partial charge in [0.2, 0.25) is 5.90 Å². The molecule has 2 aromatic carbocycles. The van der Waals surface area contributed by atoms with Crippen molar-refractivity contribution < 1.29 is 23.4 Å². The zero-order valence-electron chi connectivity index (χ0n) is 16.2. The molecule has 0 aromatic heterocycles. The Balaban J connectivity index is 1.93. The summed E-state index contributed by atoms with van der Waals surface area (Å²) in [6.07, 6.45) is 3.41. The van der Waals surface area contributed by atoms with E-state index in [1.807, 2.05) is 6.92 Å². The van der Waals surface area contributed by atoms with Crippen LogP contribution in [0.4, 0.5) is 4.39 Å². The van der Waals surface area contributed by atoms with E-state index in [0.29, 0.717) is 35.3 Å². The number of hydrogen-bond acceptors (Lipinski definition) is 5.